The van der Waals surface area contributed by atoms with Gasteiger partial charge in [0.1, 0.15) is 15.8 Å². The Morgan fingerprint density at radius 1 is 1.28 bits per heavy atom. The van der Waals surface area contributed by atoms with Gasteiger partial charge in [-0.2, -0.15) is 13.2 Å². The van der Waals surface area contributed by atoms with Crippen molar-refractivity contribution in [2.75, 3.05) is 6.54 Å². The highest BCUT2D eigenvalue weighted by molar-refractivity contribution is 8.26. The molecule has 0 spiro atoms. The molecule has 3 rings (SSSR count). The van der Waals surface area contributed by atoms with Crippen molar-refractivity contribution in [3.63, 3.8) is 0 Å². The van der Waals surface area contributed by atoms with E-state index in [9.17, 15) is 22.8 Å². The van der Waals surface area contributed by atoms with E-state index in [2.05, 4.69) is 0 Å². The molecule has 152 valence electrons. The highest BCUT2D eigenvalue weighted by Gasteiger charge is 2.32. The first-order valence-electron chi connectivity index (χ1n) is 8.40. The largest absolute Gasteiger partial charge is 0.481 e. The van der Waals surface area contributed by atoms with Crippen LogP contribution >= 0.6 is 24.0 Å². The summed E-state index contributed by atoms with van der Waals surface area (Å²) in [6.07, 6.45) is -2.79. The molecule has 0 aliphatic carbocycles. The van der Waals surface area contributed by atoms with Gasteiger partial charge in [-0.05, 0) is 30.7 Å². The predicted octanol–water partition coefficient (Wildman–Crippen LogP) is 5.03. The quantitative estimate of drug-likeness (QED) is 0.501. The van der Waals surface area contributed by atoms with Crippen molar-refractivity contribution in [1.29, 1.82) is 0 Å². The van der Waals surface area contributed by atoms with Crippen molar-refractivity contribution in [3.8, 4) is 11.3 Å². The van der Waals surface area contributed by atoms with E-state index in [1.54, 1.807) is 6.07 Å². The van der Waals surface area contributed by atoms with Crippen LogP contribution in [0.3, 0.4) is 0 Å². The molecule has 1 N–H and O–H groups in total. The van der Waals surface area contributed by atoms with Crippen LogP contribution in [0.2, 0.25) is 0 Å². The summed E-state index contributed by atoms with van der Waals surface area (Å²) in [5.74, 6) is -0.783. The highest BCUT2D eigenvalue weighted by Crippen LogP contribution is 2.35. The van der Waals surface area contributed by atoms with Gasteiger partial charge in [-0.25, -0.2) is 0 Å². The summed E-state index contributed by atoms with van der Waals surface area (Å²) in [7, 11) is 0. The number of aliphatic carboxylic acids is 1. The van der Waals surface area contributed by atoms with Gasteiger partial charge in [0.25, 0.3) is 5.91 Å². The fourth-order valence-corrected chi connectivity index (χ4v) is 3.93. The molecule has 1 aromatic carbocycles. The Balaban J connectivity index is 1.76. The normalized spacial score (nSPS) is 16.1. The minimum Gasteiger partial charge on any atom is -0.481 e. The second kappa shape index (κ2) is 8.42. The molecule has 29 heavy (non-hydrogen) atoms. The van der Waals surface area contributed by atoms with Crippen LogP contribution in [-0.4, -0.2) is 32.7 Å². The van der Waals surface area contributed by atoms with Gasteiger partial charge in [0.15, 0.2) is 0 Å². The summed E-state index contributed by atoms with van der Waals surface area (Å²) < 4.78 is 44.5. The van der Waals surface area contributed by atoms with Crippen molar-refractivity contribution < 1.29 is 32.3 Å². The summed E-state index contributed by atoms with van der Waals surface area (Å²) in [5, 5.41) is 8.70. The lowest BCUT2D eigenvalue weighted by molar-refractivity contribution is -0.138. The number of carboxylic acid groups (broad SMARTS) is 1. The van der Waals surface area contributed by atoms with Crippen LogP contribution < -0.4 is 0 Å². The number of alkyl halides is 3. The number of thiocarbonyl (C=S) groups is 1. The molecule has 1 fully saturated rings. The Hall–Kier alpha value is -2.59. The standard InChI is InChI=1S/C19H14F3NO4S2/c20-19(21,22)12-4-1-3-11(9-12)14-7-6-13(27-14)10-15-17(26)23(18(28)29-15)8-2-5-16(24)25/h1,3-4,6-7,9-10H,2,5,8H2,(H,24,25). The number of benzene rings is 1. The monoisotopic (exact) mass is 441 g/mol. The van der Waals surface area contributed by atoms with E-state index in [0.29, 0.717) is 15.0 Å². The molecule has 0 unspecified atom stereocenters. The Bertz CT molecular complexity index is 997. The van der Waals surface area contributed by atoms with Gasteiger partial charge in [-0.1, -0.05) is 36.1 Å². The molecular formula is C19H14F3NO4S2. The summed E-state index contributed by atoms with van der Waals surface area (Å²) in [6, 6.07) is 7.83. The Kier molecular flexibility index (Phi) is 6.13. The molecule has 1 amide bonds. The number of carbonyl (C=O) groups is 2. The molecule has 0 atom stereocenters. The molecule has 10 heteroatoms. The van der Waals surface area contributed by atoms with Gasteiger partial charge in [0, 0.05) is 24.6 Å². The van der Waals surface area contributed by atoms with Crippen molar-refractivity contribution in [2.24, 2.45) is 0 Å². The second-order valence-corrected chi connectivity index (χ2v) is 7.79. The number of hydrogen-bond donors (Lipinski definition) is 1. The highest BCUT2D eigenvalue weighted by atomic mass is 32.2. The van der Waals surface area contributed by atoms with Crippen LogP contribution in [0, 0.1) is 0 Å². The first-order valence-corrected chi connectivity index (χ1v) is 9.62. The lowest BCUT2D eigenvalue weighted by atomic mass is 10.1. The van der Waals surface area contributed by atoms with Gasteiger partial charge in [-0.15, -0.1) is 0 Å². The maximum atomic E-state index is 12.9. The van der Waals surface area contributed by atoms with Crippen LogP contribution in [0.4, 0.5) is 13.2 Å². The van der Waals surface area contributed by atoms with Crippen LogP contribution in [-0.2, 0) is 15.8 Å². The first-order chi connectivity index (χ1) is 13.6. The topological polar surface area (TPSA) is 70.8 Å². The third-order valence-corrected chi connectivity index (χ3v) is 5.40. The summed E-state index contributed by atoms with van der Waals surface area (Å²) in [6.45, 7) is 0.196. The molecule has 1 aliphatic heterocycles. The maximum Gasteiger partial charge on any atom is 0.416 e. The molecule has 2 aromatic rings. The van der Waals surface area contributed by atoms with Gasteiger partial charge in [-0.3, -0.25) is 14.5 Å². The van der Waals surface area contributed by atoms with Gasteiger partial charge in [0.2, 0.25) is 0 Å². The zero-order valence-corrected chi connectivity index (χ0v) is 16.4. The van der Waals surface area contributed by atoms with Crippen molar-refractivity contribution in [3.05, 3.63) is 52.6 Å². The second-order valence-electron chi connectivity index (χ2n) is 6.11. The molecule has 0 bridgehead atoms. The lowest BCUT2D eigenvalue weighted by Gasteiger charge is -2.13. The van der Waals surface area contributed by atoms with Gasteiger partial charge < -0.3 is 9.52 Å². The van der Waals surface area contributed by atoms with Crippen molar-refractivity contribution in [1.82, 2.24) is 4.90 Å². The number of amides is 1. The fraction of sp³-hybridized carbons (Fsp3) is 0.211. The summed E-state index contributed by atoms with van der Waals surface area (Å²) in [4.78, 5) is 24.7. The zero-order chi connectivity index (χ0) is 21.2. The molecule has 1 saturated heterocycles. The number of furan rings is 1. The first kappa shape index (κ1) is 21.1. The van der Waals surface area contributed by atoms with Crippen LogP contribution in [0.1, 0.15) is 24.2 Å². The molecule has 1 aromatic heterocycles. The van der Waals surface area contributed by atoms with E-state index in [1.807, 2.05) is 0 Å². The Morgan fingerprint density at radius 3 is 2.72 bits per heavy atom. The number of halogens is 3. The Morgan fingerprint density at radius 2 is 2.03 bits per heavy atom. The average Bonchev–Trinajstić information content (AvgIpc) is 3.21. The van der Waals surface area contributed by atoms with E-state index in [0.717, 1.165) is 23.9 Å². The van der Waals surface area contributed by atoms with Crippen molar-refractivity contribution in [2.45, 2.75) is 19.0 Å². The average molecular weight is 441 g/mol. The summed E-state index contributed by atoms with van der Waals surface area (Å²) in [5.41, 5.74) is -0.518. The van der Waals surface area contributed by atoms with Crippen molar-refractivity contribution >= 4 is 46.3 Å². The molecule has 5 nitrogen and oxygen atoms in total. The minimum atomic E-state index is -4.46. The van der Waals surface area contributed by atoms with Crippen LogP contribution in [0.5, 0.6) is 0 Å². The number of carbonyl (C=O) groups excluding carboxylic acids is 1. The molecule has 1 aliphatic rings. The van der Waals surface area contributed by atoms with Crippen LogP contribution in [0.15, 0.2) is 45.7 Å². The van der Waals surface area contributed by atoms with E-state index >= 15 is 0 Å². The number of thioether (sulfide) groups is 1. The van der Waals surface area contributed by atoms with E-state index < -0.39 is 17.7 Å². The number of rotatable bonds is 6. The molecule has 2 heterocycles. The summed E-state index contributed by atoms with van der Waals surface area (Å²) >= 11 is 6.22. The lowest BCUT2D eigenvalue weighted by Crippen LogP contribution is -2.29. The number of nitrogens with zero attached hydrogens (tertiary/aromatic N) is 1. The number of carboxylic acids is 1. The third-order valence-electron chi connectivity index (χ3n) is 4.02. The molecule has 0 saturated carbocycles. The smallest absolute Gasteiger partial charge is 0.416 e. The van der Waals surface area contributed by atoms with E-state index in [1.165, 1.54) is 29.2 Å². The molecular weight excluding hydrogens is 427 g/mol. The SMILES string of the molecule is O=C(O)CCCN1C(=O)C(=Cc2ccc(-c3cccc(C(F)(F)F)c3)o2)SC1=S. The van der Waals surface area contributed by atoms with E-state index in [4.69, 9.17) is 21.7 Å². The predicted molar refractivity (Wildman–Crippen MR) is 106 cm³/mol. The minimum absolute atomic E-state index is 0.0748. The van der Waals surface area contributed by atoms with Gasteiger partial charge >= 0.3 is 12.1 Å². The fourth-order valence-electron chi connectivity index (χ4n) is 2.64. The van der Waals surface area contributed by atoms with Crippen LogP contribution in [0.25, 0.3) is 17.4 Å². The number of hydrogen-bond acceptors (Lipinski definition) is 5. The maximum absolute atomic E-state index is 12.9. The zero-order valence-electron chi connectivity index (χ0n) is 14.7. The Labute approximate surface area is 173 Å². The molecule has 0 radical (unpaired) electrons. The van der Waals surface area contributed by atoms with Gasteiger partial charge in [0.05, 0.1) is 10.5 Å². The third kappa shape index (κ3) is 5.07. The van der Waals surface area contributed by atoms with E-state index in [-0.39, 0.29) is 36.6 Å².